The molecule has 0 amide bonds. The van der Waals surface area contributed by atoms with Gasteiger partial charge >= 0.3 is 0 Å². The summed E-state index contributed by atoms with van der Waals surface area (Å²) in [6.07, 6.45) is 5.10. The molecule has 0 saturated carbocycles. The van der Waals surface area contributed by atoms with Crippen LogP contribution < -0.4 is 5.32 Å². The highest BCUT2D eigenvalue weighted by atomic mass is 15.1. The van der Waals surface area contributed by atoms with Gasteiger partial charge in [-0.05, 0) is 20.0 Å². The number of hydrogen-bond acceptors (Lipinski definition) is 2. The minimum atomic E-state index is 0.518. The van der Waals surface area contributed by atoms with Gasteiger partial charge in [0.05, 0.1) is 0 Å². The standard InChI is InChI=1S/C10H19N3/c1-9(2)10-12-6-8-13(10)7-4-5-11-3/h6,8-9,11H,4-5,7H2,1-3H3. The predicted molar refractivity (Wildman–Crippen MR) is 54.9 cm³/mol. The molecule has 0 saturated heterocycles. The minimum Gasteiger partial charge on any atom is -0.335 e. The first-order chi connectivity index (χ1) is 6.25. The van der Waals surface area contributed by atoms with E-state index < -0.39 is 0 Å². The molecule has 0 unspecified atom stereocenters. The van der Waals surface area contributed by atoms with Crippen molar-refractivity contribution in [2.75, 3.05) is 13.6 Å². The largest absolute Gasteiger partial charge is 0.335 e. The van der Waals surface area contributed by atoms with E-state index in [9.17, 15) is 0 Å². The van der Waals surface area contributed by atoms with Gasteiger partial charge in [-0.2, -0.15) is 0 Å². The van der Waals surface area contributed by atoms with Crippen molar-refractivity contribution >= 4 is 0 Å². The number of nitrogens with one attached hydrogen (secondary N) is 1. The van der Waals surface area contributed by atoms with Crippen LogP contribution in [0.2, 0.25) is 0 Å². The SMILES string of the molecule is CNCCCn1ccnc1C(C)C. The summed E-state index contributed by atoms with van der Waals surface area (Å²) in [5.41, 5.74) is 0. The molecule has 1 aromatic rings. The van der Waals surface area contributed by atoms with Gasteiger partial charge in [-0.3, -0.25) is 0 Å². The van der Waals surface area contributed by atoms with Crippen molar-refractivity contribution in [3.63, 3.8) is 0 Å². The van der Waals surface area contributed by atoms with Gasteiger partial charge in [-0.15, -0.1) is 0 Å². The monoisotopic (exact) mass is 181 g/mol. The molecule has 0 aliphatic carbocycles. The first kappa shape index (κ1) is 10.3. The predicted octanol–water partition coefficient (Wildman–Crippen LogP) is 1.62. The lowest BCUT2D eigenvalue weighted by Gasteiger charge is -2.09. The zero-order chi connectivity index (χ0) is 9.68. The minimum absolute atomic E-state index is 0.518. The van der Waals surface area contributed by atoms with Gasteiger partial charge in [0, 0.05) is 24.9 Å². The molecule has 0 radical (unpaired) electrons. The molecule has 1 aromatic heterocycles. The molecule has 1 rings (SSSR count). The Bertz CT molecular complexity index is 240. The van der Waals surface area contributed by atoms with Crippen LogP contribution in [0.1, 0.15) is 32.0 Å². The summed E-state index contributed by atoms with van der Waals surface area (Å²) < 4.78 is 2.24. The maximum absolute atomic E-state index is 4.34. The van der Waals surface area contributed by atoms with Crippen molar-refractivity contribution in [2.24, 2.45) is 0 Å². The van der Waals surface area contributed by atoms with Gasteiger partial charge in [0.15, 0.2) is 0 Å². The number of hydrogen-bond donors (Lipinski definition) is 1. The summed E-state index contributed by atoms with van der Waals surface area (Å²) in [4.78, 5) is 4.34. The van der Waals surface area contributed by atoms with Crippen LogP contribution in [0, 0.1) is 0 Å². The Morgan fingerprint density at radius 1 is 1.54 bits per heavy atom. The Labute approximate surface area is 80.2 Å². The first-order valence-corrected chi connectivity index (χ1v) is 4.91. The van der Waals surface area contributed by atoms with E-state index in [1.54, 1.807) is 0 Å². The molecule has 1 N–H and O–H groups in total. The summed E-state index contributed by atoms with van der Waals surface area (Å²) in [5.74, 6) is 1.71. The van der Waals surface area contributed by atoms with Gasteiger partial charge in [-0.1, -0.05) is 13.8 Å². The molecule has 0 spiro atoms. The third kappa shape index (κ3) is 2.84. The summed E-state index contributed by atoms with van der Waals surface area (Å²) >= 11 is 0. The van der Waals surface area contributed by atoms with Gasteiger partial charge < -0.3 is 9.88 Å². The van der Waals surface area contributed by atoms with Crippen molar-refractivity contribution in [3.8, 4) is 0 Å². The quantitative estimate of drug-likeness (QED) is 0.699. The molecule has 1 heterocycles. The highest BCUT2D eigenvalue weighted by Crippen LogP contribution is 2.11. The molecular formula is C10H19N3. The fourth-order valence-corrected chi connectivity index (χ4v) is 1.44. The van der Waals surface area contributed by atoms with Crippen molar-refractivity contribution < 1.29 is 0 Å². The topological polar surface area (TPSA) is 29.9 Å². The zero-order valence-corrected chi connectivity index (χ0v) is 8.75. The van der Waals surface area contributed by atoms with Gasteiger partial charge in [0.1, 0.15) is 5.82 Å². The number of aryl methyl sites for hydroxylation is 1. The average molecular weight is 181 g/mol. The van der Waals surface area contributed by atoms with Crippen LogP contribution in [-0.4, -0.2) is 23.1 Å². The Morgan fingerprint density at radius 2 is 2.31 bits per heavy atom. The molecule has 0 aromatic carbocycles. The van der Waals surface area contributed by atoms with E-state index in [-0.39, 0.29) is 0 Å². The average Bonchev–Trinajstić information content (AvgIpc) is 2.53. The maximum Gasteiger partial charge on any atom is 0.111 e. The highest BCUT2D eigenvalue weighted by Gasteiger charge is 2.05. The van der Waals surface area contributed by atoms with E-state index in [2.05, 4.69) is 34.9 Å². The lowest BCUT2D eigenvalue weighted by Crippen LogP contribution is -2.12. The number of imidazole rings is 1. The molecule has 3 nitrogen and oxygen atoms in total. The molecule has 0 atom stereocenters. The summed E-state index contributed by atoms with van der Waals surface area (Å²) in [6.45, 7) is 6.48. The molecule has 0 aliphatic heterocycles. The van der Waals surface area contributed by atoms with Crippen LogP contribution in [0.25, 0.3) is 0 Å². The lowest BCUT2D eigenvalue weighted by molar-refractivity contribution is 0.573. The lowest BCUT2D eigenvalue weighted by atomic mass is 10.2. The van der Waals surface area contributed by atoms with Crippen molar-refractivity contribution in [1.82, 2.24) is 14.9 Å². The number of nitrogens with zero attached hydrogens (tertiary/aromatic N) is 2. The molecule has 0 fully saturated rings. The summed E-state index contributed by atoms with van der Waals surface area (Å²) in [5, 5.41) is 3.15. The second-order valence-electron chi connectivity index (χ2n) is 3.59. The van der Waals surface area contributed by atoms with E-state index in [0.29, 0.717) is 5.92 Å². The van der Waals surface area contributed by atoms with Crippen LogP contribution in [0.3, 0.4) is 0 Å². The first-order valence-electron chi connectivity index (χ1n) is 4.91. The Morgan fingerprint density at radius 3 is 2.92 bits per heavy atom. The summed E-state index contributed by atoms with van der Waals surface area (Å²) in [6, 6.07) is 0. The van der Waals surface area contributed by atoms with E-state index in [0.717, 1.165) is 19.5 Å². The molecule has 13 heavy (non-hydrogen) atoms. The maximum atomic E-state index is 4.34. The Balaban J connectivity index is 2.50. The fourth-order valence-electron chi connectivity index (χ4n) is 1.44. The smallest absolute Gasteiger partial charge is 0.111 e. The van der Waals surface area contributed by atoms with E-state index in [1.807, 2.05) is 13.2 Å². The molecule has 0 aliphatic rings. The normalized spacial score (nSPS) is 11.1. The molecule has 0 bridgehead atoms. The van der Waals surface area contributed by atoms with Crippen molar-refractivity contribution in [1.29, 1.82) is 0 Å². The van der Waals surface area contributed by atoms with Crippen LogP contribution >= 0.6 is 0 Å². The molecule has 74 valence electrons. The molecule has 3 heteroatoms. The third-order valence-corrected chi connectivity index (χ3v) is 2.09. The third-order valence-electron chi connectivity index (χ3n) is 2.09. The fraction of sp³-hybridized carbons (Fsp3) is 0.700. The summed E-state index contributed by atoms with van der Waals surface area (Å²) in [7, 11) is 1.98. The highest BCUT2D eigenvalue weighted by molar-refractivity contribution is 4.97. The van der Waals surface area contributed by atoms with E-state index in [4.69, 9.17) is 0 Å². The second-order valence-corrected chi connectivity index (χ2v) is 3.59. The van der Waals surface area contributed by atoms with Crippen molar-refractivity contribution in [3.05, 3.63) is 18.2 Å². The van der Waals surface area contributed by atoms with Crippen molar-refractivity contribution in [2.45, 2.75) is 32.7 Å². The zero-order valence-electron chi connectivity index (χ0n) is 8.75. The van der Waals surface area contributed by atoms with Crippen LogP contribution in [0.4, 0.5) is 0 Å². The van der Waals surface area contributed by atoms with Gasteiger partial charge in [-0.25, -0.2) is 4.98 Å². The van der Waals surface area contributed by atoms with Crippen LogP contribution in [0.15, 0.2) is 12.4 Å². The van der Waals surface area contributed by atoms with Gasteiger partial charge in [0.25, 0.3) is 0 Å². The van der Waals surface area contributed by atoms with E-state index >= 15 is 0 Å². The Kier molecular flexibility index (Phi) is 3.96. The van der Waals surface area contributed by atoms with Gasteiger partial charge in [0.2, 0.25) is 0 Å². The van der Waals surface area contributed by atoms with E-state index in [1.165, 1.54) is 5.82 Å². The van der Waals surface area contributed by atoms with Crippen LogP contribution in [-0.2, 0) is 6.54 Å². The Hall–Kier alpha value is -0.830. The van der Waals surface area contributed by atoms with Crippen LogP contribution in [0.5, 0.6) is 0 Å². The second kappa shape index (κ2) is 5.02. The number of aromatic nitrogens is 2. The molecular weight excluding hydrogens is 162 g/mol. The number of rotatable bonds is 5.